The van der Waals surface area contributed by atoms with E-state index in [1.165, 1.54) is 12.8 Å². The Balaban J connectivity index is 0.00000400. The maximum atomic E-state index is 11.2. The van der Waals surface area contributed by atoms with Crippen molar-refractivity contribution in [2.75, 3.05) is 14.2 Å². The predicted octanol–water partition coefficient (Wildman–Crippen LogP) is 2.51. The normalized spacial score (nSPS) is 22.0. The van der Waals surface area contributed by atoms with Gasteiger partial charge in [-0.05, 0) is 0 Å². The van der Waals surface area contributed by atoms with Gasteiger partial charge in [0.1, 0.15) is 0 Å². The first kappa shape index (κ1) is 30.3. The fourth-order valence-electron chi connectivity index (χ4n) is 5.15. The van der Waals surface area contributed by atoms with Crippen LogP contribution < -0.4 is 21.9 Å². The number of fused-ring (bicyclic) bond motifs is 1. The van der Waals surface area contributed by atoms with Crippen LogP contribution in [-0.2, 0) is 26.0 Å². The molecular formula is C30H42ClCoN2O4+. The van der Waals surface area contributed by atoms with Gasteiger partial charge in [-0.3, -0.25) is 0 Å². The molecule has 1 saturated carbocycles. The number of nitrogens with zero attached hydrogens (tertiary/aromatic N) is 2. The van der Waals surface area contributed by atoms with Crippen molar-refractivity contribution in [3.05, 3.63) is 46.5 Å². The van der Waals surface area contributed by atoms with Crippen LogP contribution in [0.4, 0.5) is 0 Å². The van der Waals surface area contributed by atoms with Crippen LogP contribution in [0.2, 0.25) is 0 Å². The molecule has 1 aliphatic heterocycles. The molecule has 2 fully saturated rings. The average Bonchev–Trinajstić information content (AvgIpc) is 3.17. The van der Waals surface area contributed by atoms with Gasteiger partial charge < -0.3 is 12.4 Å². The van der Waals surface area contributed by atoms with Crippen LogP contribution in [0.5, 0.6) is 23.0 Å². The Morgan fingerprint density at radius 3 is 1.42 bits per heavy atom. The van der Waals surface area contributed by atoms with Crippen molar-refractivity contribution >= 4 is 12.4 Å². The SMILES string of the molecule is COc1cc(C=[N+]2[Co][N+](=Cc3cc(OC)cc(C(C)(C)C)c3O)[C@@H]3CCCC[C@H]32)c(O)c(C(C)(C)C)c1.[Cl-]. The topological polar surface area (TPSA) is 64.9 Å². The maximum absolute atomic E-state index is 11.2. The van der Waals surface area contributed by atoms with E-state index in [0.717, 1.165) is 61.7 Å². The van der Waals surface area contributed by atoms with Gasteiger partial charge >= 0.3 is 228 Å². The van der Waals surface area contributed by atoms with Crippen molar-refractivity contribution in [3.8, 4) is 23.0 Å². The van der Waals surface area contributed by atoms with Crippen LogP contribution in [-0.4, -0.2) is 56.2 Å². The number of methoxy groups -OCH3 is 2. The van der Waals surface area contributed by atoms with Gasteiger partial charge in [0.15, 0.2) is 0 Å². The number of phenolic OH excluding ortho intramolecular Hbond substituents is 2. The van der Waals surface area contributed by atoms with E-state index in [1.807, 2.05) is 24.3 Å². The second-order valence-corrected chi connectivity index (χ2v) is 13.4. The molecular weight excluding hydrogens is 547 g/mol. The second kappa shape index (κ2) is 11.5. The minimum absolute atomic E-state index is 0. The summed E-state index contributed by atoms with van der Waals surface area (Å²) in [6.07, 6.45) is 8.71. The van der Waals surface area contributed by atoms with Crippen LogP contribution >= 0.6 is 0 Å². The maximum Gasteiger partial charge on any atom is -1.00 e. The van der Waals surface area contributed by atoms with E-state index < -0.39 is 0 Å². The van der Waals surface area contributed by atoms with E-state index >= 15 is 0 Å². The Morgan fingerprint density at radius 1 is 0.737 bits per heavy atom. The molecule has 38 heavy (non-hydrogen) atoms. The van der Waals surface area contributed by atoms with E-state index in [9.17, 15) is 10.2 Å². The second-order valence-electron chi connectivity index (χ2n) is 12.1. The van der Waals surface area contributed by atoms with E-state index in [-0.39, 0.29) is 23.2 Å². The number of hydrogen-bond acceptors (Lipinski definition) is 4. The summed E-state index contributed by atoms with van der Waals surface area (Å²) in [7, 11) is 3.33. The quantitative estimate of drug-likeness (QED) is 0.576. The minimum atomic E-state index is -0.217. The zero-order valence-corrected chi connectivity index (χ0v) is 25.6. The number of benzene rings is 2. The smallest absolute Gasteiger partial charge is 1.00 e. The van der Waals surface area contributed by atoms with E-state index in [4.69, 9.17) is 9.47 Å². The molecule has 0 unspecified atom stereocenters. The minimum Gasteiger partial charge on any atom is -1.00 e. The summed E-state index contributed by atoms with van der Waals surface area (Å²) in [5.41, 5.74) is 2.83. The number of halogens is 1. The monoisotopic (exact) mass is 588 g/mol. The summed E-state index contributed by atoms with van der Waals surface area (Å²) in [6.45, 7) is 12.6. The molecule has 0 spiro atoms. The Kier molecular flexibility index (Phi) is 9.16. The first-order valence-corrected chi connectivity index (χ1v) is 14.0. The number of aromatic hydroxyl groups is 2. The van der Waals surface area contributed by atoms with Crippen molar-refractivity contribution in [2.45, 2.75) is 90.1 Å². The van der Waals surface area contributed by atoms with Gasteiger partial charge in [-0.2, -0.15) is 0 Å². The predicted molar refractivity (Wildman–Crippen MR) is 144 cm³/mol. The largest absolute Gasteiger partial charge is 1.00 e. The number of hydrogen-bond donors (Lipinski definition) is 2. The summed E-state index contributed by atoms with van der Waals surface area (Å²) in [5, 5.41) is 22.4. The summed E-state index contributed by atoms with van der Waals surface area (Å²) in [5.74, 6) is 2.09. The van der Waals surface area contributed by atoms with Gasteiger partial charge in [0, 0.05) is 0 Å². The molecule has 1 saturated heterocycles. The van der Waals surface area contributed by atoms with E-state index in [0.29, 0.717) is 23.6 Å². The first-order valence-electron chi connectivity index (χ1n) is 13.0. The molecule has 2 atom stereocenters. The molecule has 211 valence electrons. The average molecular weight is 589 g/mol. The van der Waals surface area contributed by atoms with Crippen molar-refractivity contribution in [3.63, 3.8) is 0 Å². The molecule has 2 aromatic carbocycles. The number of rotatable bonds is 4. The molecule has 8 heteroatoms. The van der Waals surface area contributed by atoms with Gasteiger partial charge in [-0.1, -0.05) is 0 Å². The molecule has 0 aromatic heterocycles. The Morgan fingerprint density at radius 2 is 1.11 bits per heavy atom. The molecule has 0 amide bonds. The molecule has 1 aliphatic carbocycles. The molecule has 2 aromatic rings. The summed E-state index contributed by atoms with van der Waals surface area (Å²) in [4.78, 5) is 0. The Bertz CT molecular complexity index is 1150. The fraction of sp³-hybridized carbons (Fsp3) is 0.533. The third-order valence-corrected chi connectivity index (χ3v) is 8.72. The summed E-state index contributed by atoms with van der Waals surface area (Å²) >= 11 is 1.03. The Hall–Kier alpha value is -2.22. The van der Waals surface area contributed by atoms with Crippen LogP contribution in [0.25, 0.3) is 0 Å². The molecule has 0 radical (unpaired) electrons. The van der Waals surface area contributed by atoms with Gasteiger partial charge in [-0.15, -0.1) is 0 Å². The summed E-state index contributed by atoms with van der Waals surface area (Å²) in [6, 6.07) is 8.32. The van der Waals surface area contributed by atoms with E-state index in [1.54, 1.807) is 14.2 Å². The third-order valence-electron chi connectivity index (χ3n) is 7.28. The number of ether oxygens (including phenoxy) is 2. The van der Waals surface area contributed by atoms with Crippen molar-refractivity contribution in [1.82, 2.24) is 0 Å². The molecule has 6 nitrogen and oxygen atoms in total. The van der Waals surface area contributed by atoms with Crippen LogP contribution in [0.3, 0.4) is 0 Å². The van der Waals surface area contributed by atoms with Gasteiger partial charge in [0.2, 0.25) is 0 Å². The van der Waals surface area contributed by atoms with Crippen LogP contribution in [0, 0.1) is 0 Å². The third kappa shape index (κ3) is 6.16. The van der Waals surface area contributed by atoms with Gasteiger partial charge in [0.25, 0.3) is 0 Å². The Labute approximate surface area is 240 Å². The molecule has 0 bridgehead atoms. The zero-order valence-electron chi connectivity index (χ0n) is 23.8. The molecule has 2 N–H and O–H groups in total. The zero-order chi connectivity index (χ0) is 27.1. The van der Waals surface area contributed by atoms with Crippen LogP contribution in [0.1, 0.15) is 89.5 Å². The van der Waals surface area contributed by atoms with Gasteiger partial charge in [-0.25, -0.2) is 0 Å². The standard InChI is InChI=1S/C30H42N2O4.ClH.Co/c1-29(2,3)23-15-21(35-7)13-19(27(23)33)17-31-25-11-9-10-12-26(25)32-18-20-14-22(36-8)16-24(28(20)34)30(4,5)6;;/h13-18,25-26,33-34H,9-12H2,1-8H3;1H;/q;;+2/p-1/t25-,26-;;/m1../s1. The van der Waals surface area contributed by atoms with E-state index in [2.05, 4.69) is 61.2 Å². The fourth-order valence-corrected chi connectivity index (χ4v) is 6.77. The molecule has 1 heterocycles. The van der Waals surface area contributed by atoms with Crippen molar-refractivity contribution in [2.24, 2.45) is 0 Å². The van der Waals surface area contributed by atoms with Crippen molar-refractivity contribution in [1.29, 1.82) is 0 Å². The molecule has 4 rings (SSSR count). The molecule has 2 aliphatic rings. The first-order chi connectivity index (χ1) is 17.3. The van der Waals surface area contributed by atoms with Gasteiger partial charge in [0.05, 0.1) is 0 Å². The summed E-state index contributed by atoms with van der Waals surface area (Å²) < 4.78 is 15.8. The van der Waals surface area contributed by atoms with Crippen molar-refractivity contribution < 1.29 is 54.5 Å². The number of phenols is 2. The van der Waals surface area contributed by atoms with Crippen LogP contribution in [0.15, 0.2) is 24.3 Å².